The molecular formula is C17H16N2O4S. The van der Waals surface area contributed by atoms with E-state index in [0.29, 0.717) is 10.8 Å². The molecule has 0 N–H and O–H groups in total. The second-order valence-corrected chi connectivity index (χ2v) is 5.82. The fourth-order valence-electron chi connectivity index (χ4n) is 1.85. The van der Waals surface area contributed by atoms with Crippen molar-refractivity contribution < 1.29 is 19.1 Å². The first-order valence-corrected chi connectivity index (χ1v) is 8.16. The van der Waals surface area contributed by atoms with Gasteiger partial charge in [0.2, 0.25) is 0 Å². The predicted octanol–water partition coefficient (Wildman–Crippen LogP) is 2.64. The Labute approximate surface area is 143 Å². The lowest BCUT2D eigenvalue weighted by molar-refractivity contribution is -0.148. The van der Waals surface area contributed by atoms with Crippen molar-refractivity contribution in [1.29, 1.82) is 5.26 Å². The van der Waals surface area contributed by atoms with Crippen molar-refractivity contribution in [3.05, 3.63) is 46.4 Å². The van der Waals surface area contributed by atoms with Gasteiger partial charge in [-0.05, 0) is 19.1 Å². The van der Waals surface area contributed by atoms with E-state index in [2.05, 4.69) is 4.98 Å². The van der Waals surface area contributed by atoms with E-state index in [0.717, 1.165) is 5.69 Å². The van der Waals surface area contributed by atoms with Crippen LogP contribution >= 0.6 is 11.3 Å². The number of carbonyl (C=O) groups is 2. The van der Waals surface area contributed by atoms with E-state index in [1.807, 2.05) is 24.3 Å². The molecule has 0 aliphatic rings. The number of benzene rings is 1. The second kappa shape index (κ2) is 8.79. The summed E-state index contributed by atoms with van der Waals surface area (Å²) in [6.45, 7) is 1.50. The van der Waals surface area contributed by atoms with E-state index < -0.39 is 24.3 Å². The molecule has 0 amide bonds. The number of thiazole rings is 1. The molecule has 7 heteroatoms. The van der Waals surface area contributed by atoms with Crippen LogP contribution in [0.2, 0.25) is 0 Å². The monoisotopic (exact) mass is 344 g/mol. The summed E-state index contributed by atoms with van der Waals surface area (Å²) in [7, 11) is 0. The Hall–Kier alpha value is -2.72. The Morgan fingerprint density at radius 3 is 2.71 bits per heavy atom. The summed E-state index contributed by atoms with van der Waals surface area (Å²) in [4.78, 5) is 27.8. The number of ketones is 1. The lowest BCUT2D eigenvalue weighted by Crippen LogP contribution is -2.20. The van der Waals surface area contributed by atoms with E-state index in [9.17, 15) is 9.59 Å². The van der Waals surface area contributed by atoms with Crippen molar-refractivity contribution >= 4 is 23.1 Å². The van der Waals surface area contributed by atoms with Crippen LogP contribution in [0.4, 0.5) is 0 Å². The zero-order valence-corrected chi connectivity index (χ0v) is 13.9. The molecule has 2 aromatic rings. The molecule has 24 heavy (non-hydrogen) atoms. The topological polar surface area (TPSA) is 89.3 Å². The Kier molecular flexibility index (Phi) is 6.46. The zero-order chi connectivity index (χ0) is 17.4. The average Bonchev–Trinajstić information content (AvgIpc) is 3.01. The van der Waals surface area contributed by atoms with Gasteiger partial charge in [-0.25, -0.2) is 4.98 Å². The first-order chi connectivity index (χ1) is 11.6. The molecule has 2 rings (SSSR count). The molecule has 1 aromatic carbocycles. The van der Waals surface area contributed by atoms with Gasteiger partial charge < -0.3 is 9.47 Å². The highest BCUT2D eigenvalue weighted by molar-refractivity contribution is 7.09. The molecule has 0 bridgehead atoms. The smallest absolute Gasteiger partial charge is 0.309 e. The summed E-state index contributed by atoms with van der Waals surface area (Å²) in [5, 5.41) is 11.3. The highest BCUT2D eigenvalue weighted by Gasteiger charge is 2.24. The number of aromatic nitrogens is 1. The number of carbonyl (C=O) groups excluding carboxylic acids is 2. The number of aryl methyl sites for hydroxylation is 1. The van der Waals surface area contributed by atoms with Crippen LogP contribution in [0, 0.1) is 18.3 Å². The number of nitriles is 1. The molecule has 6 nitrogen and oxygen atoms in total. The van der Waals surface area contributed by atoms with Crippen molar-refractivity contribution in [3.8, 4) is 11.8 Å². The molecule has 1 aromatic heterocycles. The van der Waals surface area contributed by atoms with E-state index in [-0.39, 0.29) is 13.0 Å². The van der Waals surface area contributed by atoms with Crippen LogP contribution in [0.25, 0.3) is 0 Å². The van der Waals surface area contributed by atoms with Gasteiger partial charge in [-0.1, -0.05) is 18.2 Å². The number of hydrogen-bond acceptors (Lipinski definition) is 7. The number of Topliss-reactive ketones (excluding diaryl/α,β-unsaturated/α-hetero) is 1. The molecule has 0 aliphatic carbocycles. The van der Waals surface area contributed by atoms with E-state index >= 15 is 0 Å². The summed E-state index contributed by atoms with van der Waals surface area (Å²) >= 11 is 1.24. The van der Waals surface area contributed by atoms with Gasteiger partial charge in [-0.2, -0.15) is 5.26 Å². The molecule has 1 atom stereocenters. The summed E-state index contributed by atoms with van der Waals surface area (Å²) in [6.07, 6.45) is 0.0236. The first-order valence-electron chi connectivity index (χ1n) is 7.28. The zero-order valence-electron chi connectivity index (χ0n) is 13.1. The maximum Gasteiger partial charge on any atom is 0.309 e. The third-order valence-electron chi connectivity index (χ3n) is 3.03. The normalized spacial score (nSPS) is 11.3. The molecule has 1 heterocycles. The van der Waals surface area contributed by atoms with Gasteiger partial charge in [0.1, 0.15) is 10.8 Å². The number of esters is 1. The van der Waals surface area contributed by atoms with Gasteiger partial charge in [-0.3, -0.25) is 9.59 Å². The Bertz CT molecular complexity index is 737. The number of hydrogen-bond donors (Lipinski definition) is 0. The van der Waals surface area contributed by atoms with E-state index in [1.54, 1.807) is 24.4 Å². The Morgan fingerprint density at radius 2 is 2.08 bits per heavy atom. The van der Waals surface area contributed by atoms with Crippen LogP contribution in [0.3, 0.4) is 0 Å². The fourth-order valence-corrected chi connectivity index (χ4v) is 2.71. The van der Waals surface area contributed by atoms with Crippen molar-refractivity contribution in [1.82, 2.24) is 4.98 Å². The van der Waals surface area contributed by atoms with Crippen molar-refractivity contribution in [2.24, 2.45) is 0 Å². The number of rotatable bonds is 8. The van der Waals surface area contributed by atoms with Gasteiger partial charge in [0.15, 0.2) is 18.3 Å². The molecule has 0 fully saturated rings. The number of nitrogens with zero attached hydrogens (tertiary/aromatic N) is 2. The maximum atomic E-state index is 12.0. The standard InChI is InChI=1S/C17H16N2O4S/c1-12-11-24-17(19-12)14(9-18)15(20)10-23-16(21)7-8-22-13-5-3-2-4-6-13/h2-6,11,14H,7-8,10H2,1H3/t14-/m0/s1. The van der Waals surface area contributed by atoms with Crippen LogP contribution in [0.1, 0.15) is 23.0 Å². The second-order valence-electron chi connectivity index (χ2n) is 4.93. The number of ether oxygens (including phenoxy) is 2. The molecule has 124 valence electrons. The van der Waals surface area contributed by atoms with Crippen LogP contribution in [0.5, 0.6) is 5.75 Å². The predicted molar refractivity (Wildman–Crippen MR) is 87.7 cm³/mol. The minimum atomic E-state index is -1.00. The highest BCUT2D eigenvalue weighted by atomic mass is 32.1. The van der Waals surface area contributed by atoms with Gasteiger partial charge in [0.25, 0.3) is 0 Å². The SMILES string of the molecule is Cc1csc([C@@H](C#N)C(=O)COC(=O)CCOc2ccccc2)n1. The third kappa shape index (κ3) is 5.18. The van der Waals surface area contributed by atoms with Crippen LogP contribution in [0.15, 0.2) is 35.7 Å². The van der Waals surface area contributed by atoms with Gasteiger partial charge in [-0.15, -0.1) is 11.3 Å². The minimum Gasteiger partial charge on any atom is -0.493 e. The van der Waals surface area contributed by atoms with Crippen molar-refractivity contribution in [2.75, 3.05) is 13.2 Å². The highest BCUT2D eigenvalue weighted by Crippen LogP contribution is 2.20. The summed E-state index contributed by atoms with van der Waals surface area (Å²) in [5.41, 5.74) is 0.748. The van der Waals surface area contributed by atoms with E-state index in [1.165, 1.54) is 11.3 Å². The van der Waals surface area contributed by atoms with Crippen LogP contribution in [-0.4, -0.2) is 30.0 Å². The largest absolute Gasteiger partial charge is 0.493 e. The summed E-state index contributed by atoms with van der Waals surface area (Å²) < 4.78 is 10.3. The van der Waals surface area contributed by atoms with Crippen molar-refractivity contribution in [2.45, 2.75) is 19.3 Å². The molecule has 0 aliphatic heterocycles. The Morgan fingerprint density at radius 1 is 1.33 bits per heavy atom. The van der Waals surface area contributed by atoms with Crippen molar-refractivity contribution in [3.63, 3.8) is 0 Å². The third-order valence-corrected chi connectivity index (χ3v) is 4.06. The summed E-state index contributed by atoms with van der Waals surface area (Å²) in [6, 6.07) is 11.0. The molecule has 0 saturated heterocycles. The van der Waals surface area contributed by atoms with Crippen LogP contribution in [-0.2, 0) is 14.3 Å². The Balaban J connectivity index is 1.74. The number of para-hydroxylation sites is 1. The molecule has 0 unspecified atom stereocenters. The maximum absolute atomic E-state index is 12.0. The van der Waals surface area contributed by atoms with Crippen LogP contribution < -0.4 is 4.74 Å². The average molecular weight is 344 g/mol. The van der Waals surface area contributed by atoms with Gasteiger partial charge in [0, 0.05) is 11.1 Å². The molecule has 0 spiro atoms. The van der Waals surface area contributed by atoms with Gasteiger partial charge in [0.05, 0.1) is 19.1 Å². The quantitative estimate of drug-likeness (QED) is 0.684. The lowest BCUT2D eigenvalue weighted by atomic mass is 10.1. The van der Waals surface area contributed by atoms with E-state index in [4.69, 9.17) is 14.7 Å². The minimum absolute atomic E-state index is 0.0236. The summed E-state index contributed by atoms with van der Waals surface area (Å²) in [5.74, 6) is -1.38. The molecular weight excluding hydrogens is 328 g/mol. The van der Waals surface area contributed by atoms with Gasteiger partial charge >= 0.3 is 5.97 Å². The fraction of sp³-hybridized carbons (Fsp3) is 0.294. The molecule has 0 saturated carbocycles. The first kappa shape index (κ1) is 17.6. The lowest BCUT2D eigenvalue weighted by Gasteiger charge is -2.08. The molecule has 0 radical (unpaired) electrons.